The maximum absolute atomic E-state index is 12.6. The minimum absolute atomic E-state index is 0.113. The van der Waals surface area contributed by atoms with Gasteiger partial charge in [0.1, 0.15) is 0 Å². The van der Waals surface area contributed by atoms with Gasteiger partial charge in [-0.05, 0) is 54.6 Å². The molecule has 3 aromatic rings. The van der Waals surface area contributed by atoms with E-state index in [9.17, 15) is 24.5 Å². The molecule has 0 saturated carbocycles. The molecule has 10 nitrogen and oxygen atoms in total. The summed E-state index contributed by atoms with van der Waals surface area (Å²) < 4.78 is 6.09. The molecule has 3 aromatic carbocycles. The highest BCUT2D eigenvalue weighted by molar-refractivity contribution is 9.10. The van der Waals surface area contributed by atoms with Crippen molar-refractivity contribution in [2.24, 2.45) is 11.0 Å². The van der Waals surface area contributed by atoms with Crippen LogP contribution in [0.5, 0.6) is 5.75 Å². The second kappa shape index (κ2) is 11.8. The largest absolute Gasteiger partial charge is 0.415 e. The SMILES string of the molecule is CC(C)C(=O)Nc1ccc(C(=O)N/N=C/c2cccc([N+](=O)[O-])c2OC(=O)c2ccc(Br)cc2)cc1. The zero-order chi connectivity index (χ0) is 26.2. The van der Waals surface area contributed by atoms with Crippen LogP contribution in [-0.4, -0.2) is 28.9 Å². The number of rotatable bonds is 8. The molecule has 0 radical (unpaired) electrons. The van der Waals surface area contributed by atoms with Crippen molar-refractivity contribution in [2.75, 3.05) is 5.32 Å². The van der Waals surface area contributed by atoms with Gasteiger partial charge < -0.3 is 10.1 Å². The van der Waals surface area contributed by atoms with E-state index in [2.05, 4.69) is 31.8 Å². The molecule has 0 aliphatic carbocycles. The first kappa shape index (κ1) is 26.2. The smallest absolute Gasteiger partial charge is 0.343 e. The number of nitro groups is 1. The first-order valence-corrected chi connectivity index (χ1v) is 11.4. The van der Waals surface area contributed by atoms with Crippen LogP contribution >= 0.6 is 15.9 Å². The summed E-state index contributed by atoms with van der Waals surface area (Å²) in [6.45, 7) is 3.54. The van der Waals surface area contributed by atoms with Crippen molar-refractivity contribution < 1.29 is 24.0 Å². The number of nitrogens with zero attached hydrogens (tertiary/aromatic N) is 2. The highest BCUT2D eigenvalue weighted by atomic mass is 79.9. The van der Waals surface area contributed by atoms with E-state index in [1.54, 1.807) is 38.1 Å². The number of amides is 2. The van der Waals surface area contributed by atoms with Crippen LogP contribution < -0.4 is 15.5 Å². The van der Waals surface area contributed by atoms with Gasteiger partial charge in [-0.3, -0.25) is 19.7 Å². The number of ether oxygens (including phenoxy) is 1. The van der Waals surface area contributed by atoms with Gasteiger partial charge in [-0.2, -0.15) is 5.10 Å². The van der Waals surface area contributed by atoms with E-state index in [0.29, 0.717) is 5.69 Å². The highest BCUT2D eigenvalue weighted by Gasteiger charge is 2.22. The van der Waals surface area contributed by atoms with Crippen LogP contribution in [-0.2, 0) is 4.79 Å². The highest BCUT2D eigenvalue weighted by Crippen LogP contribution is 2.31. The van der Waals surface area contributed by atoms with Crippen molar-refractivity contribution in [2.45, 2.75) is 13.8 Å². The van der Waals surface area contributed by atoms with Gasteiger partial charge in [-0.25, -0.2) is 10.2 Å². The number of halogens is 1. The lowest BCUT2D eigenvalue weighted by atomic mass is 10.1. The fourth-order valence-electron chi connectivity index (χ4n) is 2.85. The standard InChI is InChI=1S/C25H21BrN4O6/c1-15(2)23(31)28-20-12-8-16(9-13-20)24(32)29-27-14-18-4-3-5-21(30(34)35)22(18)36-25(33)17-6-10-19(26)11-7-17/h3-15H,1-2H3,(H,28,31)(H,29,32)/b27-14+. The lowest BCUT2D eigenvalue weighted by molar-refractivity contribution is -0.385. The molecule has 11 heteroatoms. The zero-order valence-corrected chi connectivity index (χ0v) is 20.8. The summed E-state index contributed by atoms with van der Waals surface area (Å²) in [6.07, 6.45) is 1.15. The molecule has 0 atom stereocenters. The Hall–Kier alpha value is -4.38. The van der Waals surface area contributed by atoms with Gasteiger partial charge in [0, 0.05) is 33.3 Å². The van der Waals surface area contributed by atoms with Crippen LogP contribution in [0.1, 0.15) is 40.1 Å². The third-order valence-corrected chi connectivity index (χ3v) is 5.33. The van der Waals surface area contributed by atoms with Crippen molar-refractivity contribution in [1.82, 2.24) is 5.43 Å². The average molecular weight is 553 g/mol. The number of nitro benzene ring substituents is 1. The van der Waals surface area contributed by atoms with Crippen LogP contribution in [0.3, 0.4) is 0 Å². The molecule has 184 valence electrons. The molecule has 3 rings (SSSR count). The van der Waals surface area contributed by atoms with Crippen LogP contribution in [0, 0.1) is 16.0 Å². The van der Waals surface area contributed by atoms with E-state index >= 15 is 0 Å². The summed E-state index contributed by atoms with van der Waals surface area (Å²) in [4.78, 5) is 47.6. The van der Waals surface area contributed by atoms with Crippen molar-refractivity contribution >= 4 is 51.3 Å². The van der Waals surface area contributed by atoms with E-state index < -0.39 is 22.5 Å². The van der Waals surface area contributed by atoms with Gasteiger partial charge in [0.15, 0.2) is 0 Å². The Labute approximate surface area is 214 Å². The quantitative estimate of drug-likeness (QED) is 0.133. The predicted octanol–water partition coefficient (Wildman–Crippen LogP) is 4.93. The van der Waals surface area contributed by atoms with Crippen molar-refractivity contribution in [3.63, 3.8) is 0 Å². The minimum atomic E-state index is -0.792. The third-order valence-electron chi connectivity index (χ3n) is 4.80. The van der Waals surface area contributed by atoms with E-state index in [4.69, 9.17) is 4.74 Å². The number of para-hydroxylation sites is 1. The minimum Gasteiger partial charge on any atom is -0.415 e. The lowest BCUT2D eigenvalue weighted by Crippen LogP contribution is -2.19. The van der Waals surface area contributed by atoms with Crippen LogP contribution in [0.15, 0.2) is 76.3 Å². The molecular weight excluding hydrogens is 532 g/mol. The summed E-state index contributed by atoms with van der Waals surface area (Å²) in [6, 6.07) is 16.5. The Bertz CT molecular complexity index is 1320. The summed E-state index contributed by atoms with van der Waals surface area (Å²) in [5.74, 6) is -1.98. The summed E-state index contributed by atoms with van der Waals surface area (Å²) in [5.41, 5.74) is 3.01. The molecule has 0 fully saturated rings. The summed E-state index contributed by atoms with van der Waals surface area (Å²) in [7, 11) is 0. The molecule has 0 aliphatic heterocycles. The van der Waals surface area contributed by atoms with Crippen molar-refractivity contribution in [3.05, 3.63) is 98.0 Å². The van der Waals surface area contributed by atoms with E-state index in [-0.39, 0.29) is 34.3 Å². The molecule has 0 heterocycles. The number of hydrazone groups is 1. The average Bonchev–Trinajstić information content (AvgIpc) is 2.85. The summed E-state index contributed by atoms with van der Waals surface area (Å²) in [5, 5.41) is 18.1. The molecular formula is C25H21BrN4O6. The number of hydrogen-bond acceptors (Lipinski definition) is 7. The van der Waals surface area contributed by atoms with Crippen LogP contribution in [0.25, 0.3) is 0 Å². The third kappa shape index (κ3) is 6.83. The molecule has 0 unspecified atom stereocenters. The Kier molecular flexibility index (Phi) is 8.63. The fourth-order valence-corrected chi connectivity index (χ4v) is 3.12. The molecule has 0 saturated heterocycles. The number of carbonyl (C=O) groups excluding carboxylic acids is 3. The predicted molar refractivity (Wildman–Crippen MR) is 137 cm³/mol. The van der Waals surface area contributed by atoms with Gasteiger partial charge in [0.2, 0.25) is 11.7 Å². The molecule has 36 heavy (non-hydrogen) atoms. The lowest BCUT2D eigenvalue weighted by Gasteiger charge is -2.09. The zero-order valence-electron chi connectivity index (χ0n) is 19.2. The second-order valence-electron chi connectivity index (χ2n) is 7.77. The Morgan fingerprint density at radius 3 is 2.25 bits per heavy atom. The number of esters is 1. The van der Waals surface area contributed by atoms with Crippen LogP contribution in [0.4, 0.5) is 11.4 Å². The number of hydrogen-bond donors (Lipinski definition) is 2. The number of carbonyl (C=O) groups is 3. The van der Waals surface area contributed by atoms with Crippen LogP contribution in [0.2, 0.25) is 0 Å². The summed E-state index contributed by atoms with van der Waals surface area (Å²) >= 11 is 3.27. The Morgan fingerprint density at radius 2 is 1.64 bits per heavy atom. The van der Waals surface area contributed by atoms with Gasteiger partial charge in [-0.1, -0.05) is 35.8 Å². The molecule has 2 amide bonds. The van der Waals surface area contributed by atoms with Crippen molar-refractivity contribution in [3.8, 4) is 5.75 Å². The van der Waals surface area contributed by atoms with Gasteiger partial charge >= 0.3 is 11.7 Å². The molecule has 2 N–H and O–H groups in total. The van der Waals surface area contributed by atoms with E-state index in [1.165, 1.54) is 42.5 Å². The van der Waals surface area contributed by atoms with Crippen molar-refractivity contribution in [1.29, 1.82) is 0 Å². The maximum Gasteiger partial charge on any atom is 0.343 e. The monoisotopic (exact) mass is 552 g/mol. The molecule has 0 bridgehead atoms. The molecule has 0 aliphatic rings. The maximum atomic E-state index is 12.6. The topological polar surface area (TPSA) is 140 Å². The molecule has 0 aromatic heterocycles. The Morgan fingerprint density at radius 1 is 1.00 bits per heavy atom. The number of benzene rings is 3. The number of anilines is 1. The van der Waals surface area contributed by atoms with Gasteiger partial charge in [-0.15, -0.1) is 0 Å². The normalized spacial score (nSPS) is 10.8. The van der Waals surface area contributed by atoms with Gasteiger partial charge in [0.05, 0.1) is 16.7 Å². The van der Waals surface area contributed by atoms with E-state index in [0.717, 1.165) is 10.7 Å². The van der Waals surface area contributed by atoms with E-state index in [1.807, 2.05) is 0 Å². The number of nitrogens with one attached hydrogen (secondary N) is 2. The van der Waals surface area contributed by atoms with Gasteiger partial charge in [0.25, 0.3) is 5.91 Å². The first-order valence-electron chi connectivity index (χ1n) is 10.6. The fraction of sp³-hybridized carbons (Fsp3) is 0.120. The Balaban J connectivity index is 1.75. The molecule has 0 spiro atoms. The first-order chi connectivity index (χ1) is 17.2. The second-order valence-corrected chi connectivity index (χ2v) is 8.69.